The molecule has 0 spiro atoms. The summed E-state index contributed by atoms with van der Waals surface area (Å²) in [5.74, 6) is -0.140. The zero-order valence-corrected chi connectivity index (χ0v) is 16.9. The van der Waals surface area contributed by atoms with Crippen molar-refractivity contribution in [3.63, 3.8) is 0 Å². The standard InChI is InChI=1S/C24H26N4O/c1-16-8-7-11-18(14-16)22(26)20-15-19(12-13-21(20)25)27-24(29)23(28(2)3)17-9-5-4-6-10-17/h4-15,23,26H,25H2,1-3H3,(H,27,29)/t23-/m0/s1. The molecule has 0 aliphatic heterocycles. The summed E-state index contributed by atoms with van der Waals surface area (Å²) in [4.78, 5) is 14.9. The molecule has 0 bridgehead atoms. The van der Waals surface area contributed by atoms with Crippen LogP contribution in [0.2, 0.25) is 0 Å². The Labute approximate surface area is 171 Å². The fourth-order valence-electron chi connectivity index (χ4n) is 3.34. The van der Waals surface area contributed by atoms with Gasteiger partial charge in [0.05, 0.1) is 5.71 Å². The Bertz CT molecular complexity index is 1030. The average molecular weight is 386 g/mol. The molecule has 148 valence electrons. The van der Waals surface area contributed by atoms with Crippen molar-refractivity contribution in [3.8, 4) is 0 Å². The van der Waals surface area contributed by atoms with E-state index in [9.17, 15) is 4.79 Å². The molecular weight excluding hydrogens is 360 g/mol. The van der Waals surface area contributed by atoms with Crippen LogP contribution < -0.4 is 11.1 Å². The number of likely N-dealkylation sites (N-methyl/N-ethyl adjacent to an activating group) is 1. The smallest absolute Gasteiger partial charge is 0.246 e. The van der Waals surface area contributed by atoms with Crippen LogP contribution in [0.15, 0.2) is 72.8 Å². The van der Waals surface area contributed by atoms with E-state index in [4.69, 9.17) is 11.1 Å². The molecule has 0 fully saturated rings. The summed E-state index contributed by atoms with van der Waals surface area (Å²) >= 11 is 0. The highest BCUT2D eigenvalue weighted by Crippen LogP contribution is 2.24. The Morgan fingerprint density at radius 3 is 2.38 bits per heavy atom. The van der Waals surface area contributed by atoms with Crippen LogP contribution in [0.1, 0.15) is 28.3 Å². The van der Waals surface area contributed by atoms with Gasteiger partial charge in [0.2, 0.25) is 5.91 Å². The van der Waals surface area contributed by atoms with Crippen molar-refractivity contribution in [2.24, 2.45) is 0 Å². The Morgan fingerprint density at radius 2 is 1.72 bits per heavy atom. The lowest BCUT2D eigenvalue weighted by Crippen LogP contribution is -2.32. The highest BCUT2D eigenvalue weighted by Gasteiger charge is 2.23. The van der Waals surface area contributed by atoms with E-state index in [1.54, 1.807) is 18.2 Å². The van der Waals surface area contributed by atoms with Crippen molar-refractivity contribution in [2.45, 2.75) is 13.0 Å². The molecule has 0 radical (unpaired) electrons. The summed E-state index contributed by atoms with van der Waals surface area (Å²) in [6, 6.07) is 22.2. The Hall–Kier alpha value is -3.44. The lowest BCUT2D eigenvalue weighted by atomic mass is 9.99. The van der Waals surface area contributed by atoms with E-state index in [-0.39, 0.29) is 5.91 Å². The maximum absolute atomic E-state index is 13.0. The number of carbonyl (C=O) groups excluding carboxylic acids is 1. The summed E-state index contributed by atoms with van der Waals surface area (Å²) < 4.78 is 0. The van der Waals surface area contributed by atoms with Gasteiger partial charge in [-0.15, -0.1) is 0 Å². The molecule has 0 aromatic heterocycles. The number of rotatable bonds is 6. The first-order valence-electron chi connectivity index (χ1n) is 9.44. The minimum Gasteiger partial charge on any atom is -0.398 e. The highest BCUT2D eigenvalue weighted by molar-refractivity contribution is 6.14. The lowest BCUT2D eigenvalue weighted by Gasteiger charge is -2.24. The van der Waals surface area contributed by atoms with Crippen molar-refractivity contribution in [1.29, 1.82) is 5.41 Å². The quantitative estimate of drug-likeness (QED) is 0.438. The van der Waals surface area contributed by atoms with Gasteiger partial charge in [0.25, 0.3) is 0 Å². The molecule has 0 aliphatic carbocycles. The van der Waals surface area contributed by atoms with Gasteiger partial charge in [-0.3, -0.25) is 15.1 Å². The molecule has 0 saturated heterocycles. The minimum atomic E-state index is -0.423. The number of nitrogens with one attached hydrogen (secondary N) is 2. The van der Waals surface area contributed by atoms with E-state index >= 15 is 0 Å². The molecule has 3 aromatic rings. The Kier molecular flexibility index (Phi) is 6.10. The molecule has 0 aliphatic rings. The number of amides is 1. The largest absolute Gasteiger partial charge is 0.398 e. The Balaban J connectivity index is 1.87. The molecule has 29 heavy (non-hydrogen) atoms. The number of hydrogen-bond donors (Lipinski definition) is 3. The normalized spacial score (nSPS) is 11.9. The number of carbonyl (C=O) groups is 1. The number of benzene rings is 3. The summed E-state index contributed by atoms with van der Waals surface area (Å²) in [6.45, 7) is 1.99. The van der Waals surface area contributed by atoms with Crippen LogP contribution in [-0.4, -0.2) is 30.6 Å². The summed E-state index contributed by atoms with van der Waals surface area (Å²) in [5.41, 5.74) is 10.9. The second-order valence-electron chi connectivity index (χ2n) is 7.31. The topological polar surface area (TPSA) is 82.2 Å². The zero-order valence-electron chi connectivity index (χ0n) is 16.9. The van der Waals surface area contributed by atoms with Crippen LogP contribution >= 0.6 is 0 Å². The second kappa shape index (κ2) is 8.71. The molecule has 1 atom stereocenters. The molecule has 1 amide bonds. The van der Waals surface area contributed by atoms with E-state index in [0.29, 0.717) is 22.6 Å². The van der Waals surface area contributed by atoms with Crippen molar-refractivity contribution in [1.82, 2.24) is 4.90 Å². The molecule has 5 heteroatoms. The second-order valence-corrected chi connectivity index (χ2v) is 7.31. The van der Waals surface area contributed by atoms with Gasteiger partial charge in [-0.1, -0.05) is 54.1 Å². The highest BCUT2D eigenvalue weighted by atomic mass is 16.2. The van der Waals surface area contributed by atoms with Gasteiger partial charge in [0.15, 0.2) is 0 Å². The van der Waals surface area contributed by atoms with E-state index in [1.165, 1.54) is 0 Å². The Morgan fingerprint density at radius 1 is 1.00 bits per heavy atom. The van der Waals surface area contributed by atoms with Gasteiger partial charge in [-0.2, -0.15) is 0 Å². The van der Waals surface area contributed by atoms with Gasteiger partial charge in [0, 0.05) is 22.5 Å². The first-order chi connectivity index (χ1) is 13.9. The third-order valence-corrected chi connectivity index (χ3v) is 4.78. The van der Waals surface area contributed by atoms with Crippen molar-refractivity contribution < 1.29 is 4.79 Å². The fraction of sp³-hybridized carbons (Fsp3) is 0.167. The van der Waals surface area contributed by atoms with Crippen LogP contribution in [-0.2, 0) is 4.79 Å². The van der Waals surface area contributed by atoms with Crippen molar-refractivity contribution in [2.75, 3.05) is 25.1 Å². The summed E-state index contributed by atoms with van der Waals surface area (Å²) in [7, 11) is 3.75. The third kappa shape index (κ3) is 4.70. The predicted molar refractivity (Wildman–Crippen MR) is 119 cm³/mol. The molecule has 3 aromatic carbocycles. The van der Waals surface area contributed by atoms with E-state index in [0.717, 1.165) is 16.7 Å². The molecular formula is C24H26N4O. The van der Waals surface area contributed by atoms with Crippen molar-refractivity contribution >= 4 is 23.0 Å². The van der Waals surface area contributed by atoms with Gasteiger partial charge < -0.3 is 11.1 Å². The lowest BCUT2D eigenvalue weighted by molar-refractivity contribution is -0.120. The summed E-state index contributed by atoms with van der Waals surface area (Å²) in [5, 5.41) is 11.5. The zero-order chi connectivity index (χ0) is 21.0. The van der Waals surface area contributed by atoms with E-state index < -0.39 is 6.04 Å². The van der Waals surface area contributed by atoms with Crippen LogP contribution in [0.25, 0.3) is 0 Å². The van der Waals surface area contributed by atoms with E-state index in [2.05, 4.69) is 5.32 Å². The van der Waals surface area contributed by atoms with Crippen LogP contribution in [0.5, 0.6) is 0 Å². The van der Waals surface area contributed by atoms with Gasteiger partial charge in [-0.25, -0.2) is 0 Å². The van der Waals surface area contributed by atoms with Gasteiger partial charge in [-0.05, 0) is 50.8 Å². The fourth-order valence-corrected chi connectivity index (χ4v) is 3.34. The molecule has 0 heterocycles. The number of nitrogens with zero attached hydrogens (tertiary/aromatic N) is 1. The maximum atomic E-state index is 13.0. The molecule has 3 rings (SSSR count). The van der Waals surface area contributed by atoms with Crippen LogP contribution in [0.3, 0.4) is 0 Å². The monoisotopic (exact) mass is 386 g/mol. The number of nitrogens with two attached hydrogens (primary N) is 1. The SMILES string of the molecule is Cc1cccc(C(=N)c2cc(NC(=O)[C@H](c3ccccc3)N(C)C)ccc2N)c1. The number of nitrogen functional groups attached to an aromatic ring is 1. The van der Waals surface area contributed by atoms with E-state index in [1.807, 2.05) is 80.5 Å². The third-order valence-electron chi connectivity index (χ3n) is 4.78. The number of aryl methyl sites for hydroxylation is 1. The van der Waals surface area contributed by atoms with Crippen LogP contribution in [0.4, 0.5) is 11.4 Å². The summed E-state index contributed by atoms with van der Waals surface area (Å²) in [6.07, 6.45) is 0. The predicted octanol–water partition coefficient (Wildman–Crippen LogP) is 4.23. The molecule has 0 unspecified atom stereocenters. The minimum absolute atomic E-state index is 0.140. The van der Waals surface area contributed by atoms with Gasteiger partial charge >= 0.3 is 0 Å². The van der Waals surface area contributed by atoms with Gasteiger partial charge in [0.1, 0.15) is 6.04 Å². The van der Waals surface area contributed by atoms with Crippen molar-refractivity contribution in [3.05, 3.63) is 95.1 Å². The first-order valence-corrected chi connectivity index (χ1v) is 9.44. The maximum Gasteiger partial charge on any atom is 0.246 e. The average Bonchev–Trinajstić information content (AvgIpc) is 2.69. The molecule has 0 saturated carbocycles. The first kappa shape index (κ1) is 20.3. The van der Waals surface area contributed by atoms with Crippen LogP contribution in [0, 0.1) is 12.3 Å². The number of hydrogen-bond acceptors (Lipinski definition) is 4. The molecule has 5 nitrogen and oxygen atoms in total. The number of anilines is 2. The molecule has 4 N–H and O–H groups in total.